The van der Waals surface area contributed by atoms with Crippen molar-refractivity contribution >= 4 is 11.4 Å². The van der Waals surface area contributed by atoms with Crippen LogP contribution in [0, 0.1) is 0 Å². The van der Waals surface area contributed by atoms with Crippen LogP contribution in [0.2, 0.25) is 0 Å². The second kappa shape index (κ2) is 27.7. The summed E-state index contributed by atoms with van der Waals surface area (Å²) in [6.07, 6.45) is 25.3. The lowest BCUT2D eigenvalue weighted by Gasteiger charge is -2.18. The van der Waals surface area contributed by atoms with Crippen molar-refractivity contribution in [2.75, 3.05) is 36.9 Å². The average molecular weight is 741 g/mol. The third-order valence-electron chi connectivity index (χ3n) is 10.2. The van der Waals surface area contributed by atoms with Gasteiger partial charge in [-0.3, -0.25) is 9.59 Å². The maximum Gasteiger partial charge on any atom is 0.201 e. The monoisotopic (exact) mass is 741 g/mol. The molecule has 0 radical (unpaired) electrons. The predicted octanol–water partition coefficient (Wildman–Crippen LogP) is 13.2. The van der Waals surface area contributed by atoms with Crippen LogP contribution in [0.25, 0.3) is 22.3 Å². The summed E-state index contributed by atoms with van der Waals surface area (Å²) in [6.45, 7) is 11.1. The van der Waals surface area contributed by atoms with Crippen LogP contribution in [0.15, 0.2) is 70.3 Å². The summed E-state index contributed by atoms with van der Waals surface area (Å²) >= 11 is 0. The molecule has 0 unspecified atom stereocenters. The minimum atomic E-state index is -0.0494. The second-order valence-electron chi connectivity index (χ2n) is 14.8. The molecule has 0 aromatic heterocycles. The van der Waals surface area contributed by atoms with Gasteiger partial charge in [-0.2, -0.15) is 0 Å². The molecule has 3 aromatic rings. The number of hydrogen-bond acceptors (Lipinski definition) is 6. The van der Waals surface area contributed by atoms with Crippen LogP contribution < -0.4 is 31.0 Å². The Labute approximate surface area is 327 Å². The van der Waals surface area contributed by atoms with Gasteiger partial charge < -0.3 is 20.1 Å². The average Bonchev–Trinajstić information content (AvgIpc) is 3.48. The predicted molar refractivity (Wildman–Crippen MR) is 233 cm³/mol. The van der Waals surface area contributed by atoms with Crippen molar-refractivity contribution in [1.29, 1.82) is 0 Å². The summed E-state index contributed by atoms with van der Waals surface area (Å²) in [5, 5.41) is 6.38. The first kappa shape index (κ1) is 44.6. The van der Waals surface area contributed by atoms with E-state index < -0.39 is 0 Å². The summed E-state index contributed by atoms with van der Waals surface area (Å²) in [5.74, 6) is 1.49. The molecule has 0 aliphatic carbocycles. The molecule has 6 heteroatoms. The number of ether oxygens (including phenoxy) is 2. The number of nitrogens with one attached hydrogen (secondary N) is 2. The molecule has 298 valence electrons. The molecule has 0 aliphatic heterocycles. The van der Waals surface area contributed by atoms with Crippen molar-refractivity contribution in [3.8, 4) is 33.8 Å². The second-order valence-corrected chi connectivity index (χ2v) is 14.8. The van der Waals surface area contributed by atoms with Crippen LogP contribution in [-0.4, -0.2) is 26.3 Å². The van der Waals surface area contributed by atoms with Gasteiger partial charge in [-0.1, -0.05) is 154 Å². The maximum atomic E-state index is 12.9. The van der Waals surface area contributed by atoms with Crippen molar-refractivity contribution < 1.29 is 9.47 Å². The molecule has 0 atom stereocenters. The Kier molecular flexibility index (Phi) is 22.9. The van der Waals surface area contributed by atoms with Gasteiger partial charge in [0.05, 0.1) is 24.6 Å². The molecule has 3 rings (SSSR count). The molecule has 0 saturated carbocycles. The van der Waals surface area contributed by atoms with Crippen LogP contribution in [-0.2, 0) is 0 Å². The van der Waals surface area contributed by atoms with Gasteiger partial charge in [0.25, 0.3) is 0 Å². The van der Waals surface area contributed by atoms with E-state index in [4.69, 9.17) is 9.47 Å². The SMILES string of the molecule is CCCCCCCCCCCCOc1cc(-c2ccc(NCC)c(=O)cc2)c(OCCCCCCCCCCCC)cc1-c1ccc(NCC)c(=O)cc1. The number of unbranched alkanes of at least 4 members (excludes halogenated alkanes) is 18. The molecule has 0 heterocycles. The molecule has 0 aliphatic rings. The van der Waals surface area contributed by atoms with E-state index in [9.17, 15) is 9.59 Å². The Morgan fingerprint density at radius 1 is 0.407 bits per heavy atom. The van der Waals surface area contributed by atoms with Crippen LogP contribution in [0.4, 0.5) is 11.4 Å². The lowest BCUT2D eigenvalue weighted by molar-refractivity contribution is 0.298. The molecule has 0 amide bonds. The van der Waals surface area contributed by atoms with Crippen molar-refractivity contribution in [2.24, 2.45) is 0 Å². The Morgan fingerprint density at radius 2 is 0.722 bits per heavy atom. The van der Waals surface area contributed by atoms with Gasteiger partial charge in [0, 0.05) is 24.2 Å². The molecule has 0 bridgehead atoms. The van der Waals surface area contributed by atoms with Crippen molar-refractivity contribution in [3.05, 3.63) is 81.1 Å². The van der Waals surface area contributed by atoms with E-state index in [1.165, 1.54) is 103 Å². The summed E-state index contributed by atoms with van der Waals surface area (Å²) in [4.78, 5) is 25.8. The summed E-state index contributed by atoms with van der Waals surface area (Å²) in [6, 6.07) is 18.9. The summed E-state index contributed by atoms with van der Waals surface area (Å²) < 4.78 is 13.2. The fraction of sp³-hybridized carbons (Fsp3) is 0.583. The number of rotatable bonds is 30. The lowest BCUT2D eigenvalue weighted by Crippen LogP contribution is -2.06. The van der Waals surface area contributed by atoms with E-state index in [1.807, 2.05) is 50.2 Å². The van der Waals surface area contributed by atoms with Gasteiger partial charge in [0.2, 0.25) is 10.9 Å². The maximum absolute atomic E-state index is 12.9. The number of anilines is 2. The molecule has 0 spiro atoms. The Hall–Kier alpha value is -3.80. The van der Waals surface area contributed by atoms with E-state index in [0.29, 0.717) is 37.7 Å². The van der Waals surface area contributed by atoms with Crippen molar-refractivity contribution in [2.45, 2.75) is 156 Å². The highest BCUT2D eigenvalue weighted by atomic mass is 16.5. The molecule has 0 saturated heterocycles. The van der Waals surface area contributed by atoms with E-state index >= 15 is 0 Å². The molecular weight excluding hydrogens is 669 g/mol. The first-order valence-electron chi connectivity index (χ1n) is 21.7. The molecule has 0 fully saturated rings. The topological polar surface area (TPSA) is 76.7 Å². The van der Waals surface area contributed by atoms with Crippen LogP contribution >= 0.6 is 0 Å². The Balaban J connectivity index is 1.86. The first-order chi connectivity index (χ1) is 26.5. The summed E-state index contributed by atoms with van der Waals surface area (Å²) in [5.41, 5.74) is 4.61. The lowest BCUT2D eigenvalue weighted by atomic mass is 9.99. The molecular formula is C48H72N2O4. The first-order valence-corrected chi connectivity index (χ1v) is 21.7. The molecule has 2 N–H and O–H groups in total. The van der Waals surface area contributed by atoms with Crippen LogP contribution in [0.1, 0.15) is 156 Å². The zero-order valence-electron chi connectivity index (χ0n) is 34.4. The van der Waals surface area contributed by atoms with Crippen molar-refractivity contribution in [3.63, 3.8) is 0 Å². The zero-order valence-corrected chi connectivity index (χ0v) is 34.4. The smallest absolute Gasteiger partial charge is 0.201 e. The van der Waals surface area contributed by atoms with E-state index in [-0.39, 0.29) is 10.9 Å². The van der Waals surface area contributed by atoms with Gasteiger partial charge in [-0.25, -0.2) is 0 Å². The quantitative estimate of drug-likeness (QED) is 0.0663. The minimum Gasteiger partial charge on any atom is -0.493 e. The summed E-state index contributed by atoms with van der Waals surface area (Å²) in [7, 11) is 0. The van der Waals surface area contributed by atoms with Gasteiger partial charge in [-0.15, -0.1) is 0 Å². The van der Waals surface area contributed by atoms with Gasteiger partial charge in [0.1, 0.15) is 11.5 Å². The van der Waals surface area contributed by atoms with Gasteiger partial charge in [0.15, 0.2) is 0 Å². The fourth-order valence-corrected chi connectivity index (χ4v) is 6.96. The normalized spacial score (nSPS) is 11.0. The Bertz CT molecular complexity index is 1470. The highest BCUT2D eigenvalue weighted by molar-refractivity contribution is 5.81. The number of hydrogen-bond donors (Lipinski definition) is 2. The van der Waals surface area contributed by atoms with Gasteiger partial charge >= 0.3 is 0 Å². The molecule has 3 aromatic carbocycles. The highest BCUT2D eigenvalue weighted by Crippen LogP contribution is 2.41. The van der Waals surface area contributed by atoms with Crippen molar-refractivity contribution in [1.82, 2.24) is 0 Å². The Morgan fingerprint density at radius 3 is 1.06 bits per heavy atom. The fourth-order valence-electron chi connectivity index (χ4n) is 6.96. The van der Waals surface area contributed by atoms with E-state index in [2.05, 4.69) is 36.6 Å². The third kappa shape index (κ3) is 16.7. The third-order valence-corrected chi connectivity index (χ3v) is 10.2. The largest absolute Gasteiger partial charge is 0.493 e. The van der Waals surface area contributed by atoms with Crippen LogP contribution in [0.5, 0.6) is 11.5 Å². The van der Waals surface area contributed by atoms with E-state index in [0.717, 1.165) is 59.4 Å². The standard InChI is InChI=1S/C48H72N2O4/c1-5-9-11-13-15-17-19-21-23-25-35-53-47-37-42(40-28-32-44(50-8-4)46(52)34-30-40)48(54-36-26-24-22-20-18-16-14-12-10-6-2)38-41(47)39-27-31-43(49-7-3)45(51)33-29-39/h27-34,37-38H,5-26,35-36H2,1-4H3,(H,49,51)(H,50,52). The number of benzene rings is 1. The molecule has 6 nitrogen and oxygen atoms in total. The molecule has 54 heavy (non-hydrogen) atoms. The zero-order chi connectivity index (χ0) is 38.6. The highest BCUT2D eigenvalue weighted by Gasteiger charge is 2.16. The minimum absolute atomic E-state index is 0.0494. The van der Waals surface area contributed by atoms with E-state index in [1.54, 1.807) is 12.1 Å². The van der Waals surface area contributed by atoms with Gasteiger partial charge in [-0.05, 0) is 74.2 Å². The van der Waals surface area contributed by atoms with Crippen LogP contribution in [0.3, 0.4) is 0 Å².